The Labute approximate surface area is 89.9 Å². The summed E-state index contributed by atoms with van der Waals surface area (Å²) in [5.74, 6) is 0. The van der Waals surface area contributed by atoms with Gasteiger partial charge in [-0.3, -0.25) is 0 Å². The van der Waals surface area contributed by atoms with Crippen LogP contribution in [0, 0.1) is 0 Å². The zero-order valence-electron chi connectivity index (χ0n) is 8.90. The van der Waals surface area contributed by atoms with E-state index in [2.05, 4.69) is 26.0 Å². The van der Waals surface area contributed by atoms with Crippen molar-refractivity contribution in [2.75, 3.05) is 18.7 Å². The topological polar surface area (TPSA) is 23.5 Å². The van der Waals surface area contributed by atoms with Gasteiger partial charge in [-0.05, 0) is 24.3 Å². The second kappa shape index (κ2) is 5.27. The van der Waals surface area contributed by atoms with E-state index in [0.717, 1.165) is 5.69 Å². The predicted octanol–water partition coefficient (Wildman–Crippen LogP) is 2.57. The first kappa shape index (κ1) is 11.4. The Kier molecular flexibility index (Phi) is 4.29. The van der Waals surface area contributed by atoms with Gasteiger partial charge in [0.05, 0.1) is 0 Å². The van der Waals surface area contributed by atoms with Crippen LogP contribution >= 0.6 is 11.8 Å². The fourth-order valence-electron chi connectivity index (χ4n) is 1.13. The number of hydrogen-bond acceptors (Lipinski definition) is 3. The molecule has 0 saturated carbocycles. The molecule has 0 fully saturated rings. The van der Waals surface area contributed by atoms with Gasteiger partial charge in [-0.1, -0.05) is 13.8 Å². The molecule has 0 aromatic heterocycles. The quantitative estimate of drug-likeness (QED) is 0.611. The maximum Gasteiger partial charge on any atom is 0.115 e. The van der Waals surface area contributed by atoms with E-state index in [-0.39, 0.29) is 6.73 Å². The normalized spacial score (nSPS) is 10.6. The smallest absolute Gasteiger partial charge is 0.115 e. The van der Waals surface area contributed by atoms with E-state index in [0.29, 0.717) is 5.25 Å². The highest BCUT2D eigenvalue weighted by atomic mass is 32.2. The van der Waals surface area contributed by atoms with Crippen LogP contribution in [0.25, 0.3) is 0 Å². The van der Waals surface area contributed by atoms with E-state index in [1.165, 1.54) is 4.90 Å². The van der Waals surface area contributed by atoms with E-state index in [1.54, 1.807) is 4.90 Å². The number of aliphatic hydroxyl groups excluding tert-OH is 1. The Hall–Kier alpha value is -0.670. The summed E-state index contributed by atoms with van der Waals surface area (Å²) in [6.07, 6.45) is 0. The van der Waals surface area contributed by atoms with Crippen LogP contribution in [0.15, 0.2) is 29.2 Å². The van der Waals surface area contributed by atoms with Gasteiger partial charge in [0.2, 0.25) is 0 Å². The minimum absolute atomic E-state index is 0.0523. The summed E-state index contributed by atoms with van der Waals surface area (Å²) in [5, 5.41) is 9.53. The van der Waals surface area contributed by atoms with E-state index in [1.807, 2.05) is 30.9 Å². The highest BCUT2D eigenvalue weighted by Gasteiger charge is 2.00. The molecule has 0 spiro atoms. The summed E-state index contributed by atoms with van der Waals surface area (Å²) in [4.78, 5) is 3.07. The molecule has 0 amide bonds. The Bertz CT molecular complexity index is 271. The SMILES string of the molecule is CC(C)Sc1ccc(N(C)CO)cc1. The van der Waals surface area contributed by atoms with Gasteiger partial charge >= 0.3 is 0 Å². The van der Waals surface area contributed by atoms with Crippen LogP contribution in [0.5, 0.6) is 0 Å². The van der Waals surface area contributed by atoms with Gasteiger partial charge in [-0.15, -0.1) is 11.8 Å². The van der Waals surface area contributed by atoms with Gasteiger partial charge in [-0.2, -0.15) is 0 Å². The zero-order valence-corrected chi connectivity index (χ0v) is 9.71. The van der Waals surface area contributed by atoms with E-state index in [9.17, 15) is 0 Å². The third kappa shape index (κ3) is 3.24. The summed E-state index contributed by atoms with van der Waals surface area (Å²) in [6.45, 7) is 4.41. The van der Waals surface area contributed by atoms with E-state index < -0.39 is 0 Å². The number of rotatable bonds is 4. The van der Waals surface area contributed by atoms with Crippen LogP contribution in [0.2, 0.25) is 0 Å². The van der Waals surface area contributed by atoms with Gasteiger partial charge in [0.15, 0.2) is 0 Å². The van der Waals surface area contributed by atoms with Crippen LogP contribution in [-0.2, 0) is 0 Å². The lowest BCUT2D eigenvalue weighted by Crippen LogP contribution is -2.17. The fraction of sp³-hybridized carbons (Fsp3) is 0.455. The molecule has 1 rings (SSSR count). The van der Waals surface area contributed by atoms with Gasteiger partial charge in [0, 0.05) is 22.9 Å². The van der Waals surface area contributed by atoms with Crippen LogP contribution in [0.4, 0.5) is 5.69 Å². The molecule has 0 unspecified atom stereocenters. The number of thioether (sulfide) groups is 1. The Morgan fingerprint density at radius 3 is 2.29 bits per heavy atom. The fourth-order valence-corrected chi connectivity index (χ4v) is 1.97. The first-order valence-corrected chi connectivity index (χ1v) is 5.60. The molecule has 1 N–H and O–H groups in total. The highest BCUT2D eigenvalue weighted by Crippen LogP contribution is 2.24. The van der Waals surface area contributed by atoms with Gasteiger partial charge < -0.3 is 10.0 Å². The standard InChI is InChI=1S/C11H17NOS/c1-9(2)14-11-6-4-10(5-7-11)12(3)8-13/h4-7,9,13H,8H2,1-3H3. The van der Waals surface area contributed by atoms with Crippen LogP contribution in [0.3, 0.4) is 0 Å². The number of nitrogens with zero attached hydrogens (tertiary/aromatic N) is 1. The molecule has 1 aromatic carbocycles. The average molecular weight is 211 g/mol. The van der Waals surface area contributed by atoms with Gasteiger partial charge in [-0.25, -0.2) is 0 Å². The molecule has 0 saturated heterocycles. The second-order valence-electron chi connectivity index (χ2n) is 3.50. The van der Waals surface area contributed by atoms with Crippen molar-refractivity contribution in [3.05, 3.63) is 24.3 Å². The lowest BCUT2D eigenvalue weighted by atomic mass is 10.3. The molecule has 78 valence electrons. The molecule has 1 aromatic rings. The summed E-state index contributed by atoms with van der Waals surface area (Å²) < 4.78 is 0. The maximum absolute atomic E-state index is 8.92. The Balaban J connectivity index is 2.68. The Morgan fingerprint density at radius 2 is 1.86 bits per heavy atom. The molecule has 0 aliphatic rings. The predicted molar refractivity (Wildman–Crippen MR) is 62.9 cm³/mol. The summed E-state index contributed by atoms with van der Waals surface area (Å²) in [7, 11) is 1.87. The molecule has 14 heavy (non-hydrogen) atoms. The van der Waals surface area contributed by atoms with Crippen LogP contribution in [-0.4, -0.2) is 24.1 Å². The summed E-state index contributed by atoms with van der Waals surface area (Å²) in [5.41, 5.74) is 1.04. The third-order valence-electron chi connectivity index (χ3n) is 1.86. The second-order valence-corrected chi connectivity index (χ2v) is 5.15. The van der Waals surface area contributed by atoms with Gasteiger partial charge in [0.1, 0.15) is 6.73 Å². The number of aliphatic hydroxyl groups is 1. The van der Waals surface area contributed by atoms with E-state index in [4.69, 9.17) is 5.11 Å². The van der Waals surface area contributed by atoms with Crippen molar-refractivity contribution in [1.82, 2.24) is 0 Å². The monoisotopic (exact) mass is 211 g/mol. The lowest BCUT2D eigenvalue weighted by molar-refractivity contribution is 0.298. The third-order valence-corrected chi connectivity index (χ3v) is 2.88. The largest absolute Gasteiger partial charge is 0.376 e. The molecule has 0 bridgehead atoms. The van der Waals surface area contributed by atoms with E-state index >= 15 is 0 Å². The van der Waals surface area contributed by atoms with Crippen molar-refractivity contribution in [3.8, 4) is 0 Å². The van der Waals surface area contributed by atoms with Crippen LogP contribution in [0.1, 0.15) is 13.8 Å². The lowest BCUT2D eigenvalue weighted by Gasteiger charge is -2.16. The first-order chi connectivity index (χ1) is 6.63. The van der Waals surface area contributed by atoms with Crippen molar-refractivity contribution in [2.24, 2.45) is 0 Å². The van der Waals surface area contributed by atoms with Crippen molar-refractivity contribution < 1.29 is 5.11 Å². The molecule has 3 heteroatoms. The maximum atomic E-state index is 8.92. The molecule has 2 nitrogen and oxygen atoms in total. The van der Waals surface area contributed by atoms with Crippen molar-refractivity contribution >= 4 is 17.4 Å². The Morgan fingerprint density at radius 1 is 1.29 bits per heavy atom. The number of hydrogen-bond donors (Lipinski definition) is 1. The zero-order chi connectivity index (χ0) is 10.6. The number of anilines is 1. The van der Waals surface area contributed by atoms with Crippen LogP contribution < -0.4 is 4.90 Å². The van der Waals surface area contributed by atoms with Crippen molar-refractivity contribution in [2.45, 2.75) is 24.0 Å². The summed E-state index contributed by atoms with van der Waals surface area (Å²) in [6, 6.07) is 8.24. The molecular weight excluding hydrogens is 194 g/mol. The molecule has 0 radical (unpaired) electrons. The highest BCUT2D eigenvalue weighted by molar-refractivity contribution is 7.99. The molecule has 0 atom stereocenters. The minimum Gasteiger partial charge on any atom is -0.376 e. The van der Waals surface area contributed by atoms with Crippen molar-refractivity contribution in [1.29, 1.82) is 0 Å². The number of benzene rings is 1. The minimum atomic E-state index is 0.0523. The molecule has 0 heterocycles. The molecule has 0 aliphatic carbocycles. The average Bonchev–Trinajstić information content (AvgIpc) is 2.17. The first-order valence-electron chi connectivity index (χ1n) is 4.72. The summed E-state index contributed by atoms with van der Waals surface area (Å²) >= 11 is 1.85. The molecular formula is C11H17NOS. The molecule has 0 aliphatic heterocycles. The van der Waals surface area contributed by atoms with Gasteiger partial charge in [0.25, 0.3) is 0 Å². The van der Waals surface area contributed by atoms with Crippen molar-refractivity contribution in [3.63, 3.8) is 0 Å².